The Bertz CT molecular complexity index is 386. The second kappa shape index (κ2) is 5.17. The molecule has 2 rings (SSSR count). The monoisotopic (exact) mass is 257 g/mol. The van der Waals surface area contributed by atoms with Crippen molar-refractivity contribution in [2.45, 2.75) is 12.8 Å². The maximum atomic E-state index is 11.7. The van der Waals surface area contributed by atoms with Gasteiger partial charge >= 0.3 is 0 Å². The summed E-state index contributed by atoms with van der Waals surface area (Å²) in [6.45, 7) is 1.51. The molecule has 0 aliphatic carbocycles. The van der Waals surface area contributed by atoms with E-state index in [2.05, 4.69) is 5.32 Å². The highest BCUT2D eigenvalue weighted by molar-refractivity contribution is 6.36. The lowest BCUT2D eigenvalue weighted by Gasteiger charge is -2.22. The molecule has 1 aromatic carbocycles. The van der Waals surface area contributed by atoms with Crippen molar-refractivity contribution in [1.82, 2.24) is 5.32 Å². The first kappa shape index (κ1) is 11.9. The summed E-state index contributed by atoms with van der Waals surface area (Å²) in [5.74, 6) is 0.306. The molecule has 2 nitrogen and oxygen atoms in total. The Morgan fingerprint density at radius 1 is 1.31 bits per heavy atom. The van der Waals surface area contributed by atoms with E-state index in [1.165, 1.54) is 0 Å². The molecule has 16 heavy (non-hydrogen) atoms. The fraction of sp³-hybridized carbons (Fsp3) is 0.417. The normalized spacial score (nSPS) is 21.1. The van der Waals surface area contributed by atoms with Gasteiger partial charge < -0.3 is 5.32 Å². The number of rotatable bonds is 2. The van der Waals surface area contributed by atoms with E-state index < -0.39 is 0 Å². The van der Waals surface area contributed by atoms with Gasteiger partial charge in [-0.05, 0) is 24.1 Å². The topological polar surface area (TPSA) is 29.1 Å². The second-order valence-electron chi connectivity index (χ2n) is 4.02. The van der Waals surface area contributed by atoms with Gasteiger partial charge in [0.1, 0.15) is 5.78 Å². The minimum Gasteiger partial charge on any atom is -0.316 e. The zero-order chi connectivity index (χ0) is 11.5. The van der Waals surface area contributed by atoms with Crippen LogP contribution in [0.1, 0.15) is 12.0 Å². The van der Waals surface area contributed by atoms with Crippen LogP contribution in [0.5, 0.6) is 0 Å². The minimum absolute atomic E-state index is 0.00569. The summed E-state index contributed by atoms with van der Waals surface area (Å²) in [5.41, 5.74) is 0.882. The van der Waals surface area contributed by atoms with Gasteiger partial charge in [-0.1, -0.05) is 29.3 Å². The Kier molecular flexibility index (Phi) is 3.85. The Morgan fingerprint density at radius 2 is 2.00 bits per heavy atom. The lowest BCUT2D eigenvalue weighted by molar-refractivity contribution is -0.123. The highest BCUT2D eigenvalue weighted by atomic mass is 35.5. The van der Waals surface area contributed by atoms with Crippen molar-refractivity contribution in [2.24, 2.45) is 5.92 Å². The number of piperidine rings is 1. The summed E-state index contributed by atoms with van der Waals surface area (Å²) in [5, 5.41) is 4.51. The molecule has 1 saturated heterocycles. The van der Waals surface area contributed by atoms with Crippen LogP contribution in [0, 0.1) is 5.92 Å². The summed E-state index contributed by atoms with van der Waals surface area (Å²) in [4.78, 5) is 11.7. The summed E-state index contributed by atoms with van der Waals surface area (Å²) >= 11 is 12.2. The summed E-state index contributed by atoms with van der Waals surface area (Å²) in [7, 11) is 0. The third-order valence-corrected chi connectivity index (χ3v) is 3.61. The highest BCUT2D eigenvalue weighted by Crippen LogP contribution is 2.27. The van der Waals surface area contributed by atoms with E-state index >= 15 is 0 Å². The van der Waals surface area contributed by atoms with Crippen molar-refractivity contribution < 1.29 is 4.79 Å². The van der Waals surface area contributed by atoms with Crippen molar-refractivity contribution in [1.29, 1.82) is 0 Å². The second-order valence-corrected chi connectivity index (χ2v) is 4.84. The largest absolute Gasteiger partial charge is 0.316 e. The molecule has 86 valence electrons. The first-order valence-electron chi connectivity index (χ1n) is 5.35. The fourth-order valence-corrected chi connectivity index (χ4v) is 2.52. The SMILES string of the molecule is O=C1CCNCC1Cc1c(Cl)cccc1Cl. The molecule has 1 heterocycles. The average Bonchev–Trinajstić information content (AvgIpc) is 2.26. The van der Waals surface area contributed by atoms with Crippen LogP contribution in [0.25, 0.3) is 0 Å². The number of carbonyl (C=O) groups excluding carboxylic acids is 1. The number of Topliss-reactive ketones (excluding diaryl/α,β-unsaturated/α-hetero) is 1. The molecular formula is C12H13Cl2NO. The Hall–Kier alpha value is -0.570. The predicted octanol–water partition coefficient (Wildman–Crippen LogP) is 2.71. The zero-order valence-electron chi connectivity index (χ0n) is 8.80. The van der Waals surface area contributed by atoms with Crippen LogP contribution < -0.4 is 5.32 Å². The summed E-state index contributed by atoms with van der Waals surface area (Å²) in [6, 6.07) is 5.43. The van der Waals surface area contributed by atoms with Crippen molar-refractivity contribution >= 4 is 29.0 Å². The molecule has 1 aliphatic rings. The van der Waals surface area contributed by atoms with Gasteiger partial charge in [-0.25, -0.2) is 0 Å². The molecule has 1 aliphatic heterocycles. The Balaban J connectivity index is 2.16. The van der Waals surface area contributed by atoms with Crippen molar-refractivity contribution in [3.63, 3.8) is 0 Å². The maximum absolute atomic E-state index is 11.7. The van der Waals surface area contributed by atoms with Gasteiger partial charge in [-0.3, -0.25) is 4.79 Å². The third kappa shape index (κ3) is 2.57. The first-order chi connectivity index (χ1) is 7.68. The fourth-order valence-electron chi connectivity index (χ4n) is 1.97. The molecule has 1 aromatic rings. The third-order valence-electron chi connectivity index (χ3n) is 2.91. The lowest BCUT2D eigenvalue weighted by atomic mass is 9.91. The number of ketones is 1. The van der Waals surface area contributed by atoms with E-state index in [4.69, 9.17) is 23.2 Å². The van der Waals surface area contributed by atoms with Gasteiger partial charge in [-0.15, -0.1) is 0 Å². The average molecular weight is 258 g/mol. The van der Waals surface area contributed by atoms with Crippen LogP contribution in [-0.2, 0) is 11.2 Å². The van der Waals surface area contributed by atoms with Crippen LogP contribution in [0.15, 0.2) is 18.2 Å². The van der Waals surface area contributed by atoms with E-state index in [-0.39, 0.29) is 5.92 Å². The molecular weight excluding hydrogens is 245 g/mol. The number of nitrogens with one attached hydrogen (secondary N) is 1. The zero-order valence-corrected chi connectivity index (χ0v) is 10.3. The van der Waals surface area contributed by atoms with Crippen LogP contribution in [0.2, 0.25) is 10.0 Å². The standard InChI is InChI=1S/C12H13Cl2NO/c13-10-2-1-3-11(14)9(10)6-8-7-15-5-4-12(8)16/h1-3,8,15H,4-7H2. The van der Waals surface area contributed by atoms with Crippen molar-refractivity contribution in [2.75, 3.05) is 13.1 Å². The van der Waals surface area contributed by atoms with Gasteiger partial charge in [0.25, 0.3) is 0 Å². The molecule has 1 fully saturated rings. The van der Waals surface area contributed by atoms with E-state index in [0.717, 1.165) is 18.7 Å². The molecule has 0 spiro atoms. The number of hydrogen-bond acceptors (Lipinski definition) is 2. The number of halogens is 2. The summed E-state index contributed by atoms with van der Waals surface area (Å²) in [6.07, 6.45) is 1.23. The van der Waals surface area contributed by atoms with Crippen molar-refractivity contribution in [3.8, 4) is 0 Å². The molecule has 1 atom stereocenters. The lowest BCUT2D eigenvalue weighted by Crippen LogP contribution is -2.38. The number of hydrogen-bond donors (Lipinski definition) is 1. The van der Waals surface area contributed by atoms with Crippen LogP contribution in [0.3, 0.4) is 0 Å². The van der Waals surface area contributed by atoms with E-state index in [9.17, 15) is 4.79 Å². The molecule has 0 bridgehead atoms. The molecule has 0 amide bonds. The van der Waals surface area contributed by atoms with Crippen molar-refractivity contribution in [3.05, 3.63) is 33.8 Å². The first-order valence-corrected chi connectivity index (χ1v) is 6.10. The molecule has 1 unspecified atom stereocenters. The van der Waals surface area contributed by atoms with Gasteiger partial charge in [0.15, 0.2) is 0 Å². The van der Waals surface area contributed by atoms with Gasteiger partial charge in [0, 0.05) is 35.5 Å². The van der Waals surface area contributed by atoms with E-state index in [0.29, 0.717) is 28.7 Å². The predicted molar refractivity (Wildman–Crippen MR) is 66.1 cm³/mol. The van der Waals surface area contributed by atoms with Gasteiger partial charge in [0.2, 0.25) is 0 Å². The van der Waals surface area contributed by atoms with Crippen LogP contribution >= 0.6 is 23.2 Å². The quantitative estimate of drug-likeness (QED) is 0.883. The number of carbonyl (C=O) groups is 1. The highest BCUT2D eigenvalue weighted by Gasteiger charge is 2.23. The molecule has 4 heteroatoms. The molecule has 0 aromatic heterocycles. The Labute approximate surface area is 105 Å². The van der Waals surface area contributed by atoms with Gasteiger partial charge in [0.05, 0.1) is 0 Å². The van der Waals surface area contributed by atoms with Crippen LogP contribution in [0.4, 0.5) is 0 Å². The molecule has 0 saturated carbocycles. The Morgan fingerprint density at radius 3 is 2.62 bits per heavy atom. The molecule has 1 N–H and O–H groups in total. The summed E-state index contributed by atoms with van der Waals surface area (Å²) < 4.78 is 0. The van der Waals surface area contributed by atoms with Gasteiger partial charge in [-0.2, -0.15) is 0 Å². The van der Waals surface area contributed by atoms with Crippen LogP contribution in [-0.4, -0.2) is 18.9 Å². The van der Waals surface area contributed by atoms with E-state index in [1.54, 1.807) is 0 Å². The smallest absolute Gasteiger partial charge is 0.138 e. The minimum atomic E-state index is 0.00569. The molecule has 0 radical (unpaired) electrons. The maximum Gasteiger partial charge on any atom is 0.138 e. The van der Waals surface area contributed by atoms with E-state index in [1.807, 2.05) is 18.2 Å². The number of benzene rings is 1.